The van der Waals surface area contributed by atoms with Crippen LogP contribution in [0.3, 0.4) is 0 Å². The van der Waals surface area contributed by atoms with E-state index in [1.165, 1.54) is 0 Å². The fraction of sp³-hybridized carbons (Fsp3) is 0.619. The molecular weight excluding hydrogens is 344 g/mol. The summed E-state index contributed by atoms with van der Waals surface area (Å²) in [5.41, 5.74) is 1.14. The van der Waals surface area contributed by atoms with Crippen LogP contribution in [0.5, 0.6) is 5.75 Å². The summed E-state index contributed by atoms with van der Waals surface area (Å²) >= 11 is 0. The molecule has 1 aromatic rings. The minimum absolute atomic E-state index is 0.00417. The number of carbonyl (C=O) groups excluding carboxylic acids is 1. The first-order chi connectivity index (χ1) is 12.9. The largest absolute Gasteiger partial charge is 0.483 e. The molecule has 1 fully saturated rings. The molecule has 6 nitrogen and oxygen atoms in total. The minimum atomic E-state index is -0.817. The van der Waals surface area contributed by atoms with Crippen LogP contribution in [0.25, 0.3) is 0 Å². The van der Waals surface area contributed by atoms with Crippen molar-refractivity contribution in [2.45, 2.75) is 51.5 Å². The maximum Gasteiger partial charge on any atom is 0.317 e. The third kappa shape index (κ3) is 6.24. The average molecular weight is 376 g/mol. The van der Waals surface area contributed by atoms with E-state index in [9.17, 15) is 9.59 Å². The highest BCUT2D eigenvalue weighted by atomic mass is 16.5. The molecule has 0 radical (unpaired) electrons. The predicted molar refractivity (Wildman–Crippen MR) is 105 cm³/mol. The molecule has 0 unspecified atom stereocenters. The summed E-state index contributed by atoms with van der Waals surface area (Å²) < 4.78 is 5.86. The number of ether oxygens (including phenoxy) is 1. The van der Waals surface area contributed by atoms with Crippen LogP contribution < -0.4 is 4.74 Å². The highest BCUT2D eigenvalue weighted by Gasteiger charge is 2.24. The molecule has 0 bridgehead atoms. The molecule has 1 saturated heterocycles. The smallest absolute Gasteiger partial charge is 0.317 e. The summed E-state index contributed by atoms with van der Waals surface area (Å²) in [7, 11) is 1.84. The average Bonchev–Trinajstić information content (AvgIpc) is 2.91. The van der Waals surface area contributed by atoms with Crippen molar-refractivity contribution in [2.75, 3.05) is 33.3 Å². The van der Waals surface area contributed by atoms with Crippen molar-refractivity contribution in [3.8, 4) is 5.75 Å². The number of likely N-dealkylation sites (tertiary alicyclic amines) is 1. The summed E-state index contributed by atoms with van der Waals surface area (Å²) in [6.07, 6.45) is 3.60. The SMILES string of the molecule is CC[C@H](C)c1ccccc1OCC(=O)N1CCC[C@@H](N(C)CC(=O)O)CC1. The number of aliphatic carboxylic acids is 1. The Bertz CT molecular complexity index is 634. The summed E-state index contributed by atoms with van der Waals surface area (Å²) in [4.78, 5) is 27.2. The summed E-state index contributed by atoms with van der Waals surface area (Å²) in [6.45, 7) is 5.72. The molecule has 1 amide bonds. The number of carboxylic acid groups (broad SMARTS) is 1. The Balaban J connectivity index is 1.89. The second kappa shape index (κ2) is 10.3. The van der Waals surface area contributed by atoms with Gasteiger partial charge < -0.3 is 14.7 Å². The van der Waals surface area contributed by atoms with E-state index in [1.807, 2.05) is 35.0 Å². The number of hydrogen-bond acceptors (Lipinski definition) is 4. The Morgan fingerprint density at radius 2 is 2.04 bits per heavy atom. The molecule has 150 valence electrons. The monoisotopic (exact) mass is 376 g/mol. The fourth-order valence-electron chi connectivity index (χ4n) is 3.58. The Morgan fingerprint density at radius 1 is 1.30 bits per heavy atom. The van der Waals surface area contributed by atoms with Gasteiger partial charge in [0.05, 0.1) is 6.54 Å². The van der Waals surface area contributed by atoms with Crippen molar-refractivity contribution in [1.82, 2.24) is 9.80 Å². The van der Waals surface area contributed by atoms with Gasteiger partial charge in [-0.15, -0.1) is 0 Å². The normalized spacial score (nSPS) is 18.8. The van der Waals surface area contributed by atoms with Gasteiger partial charge in [-0.1, -0.05) is 32.0 Å². The van der Waals surface area contributed by atoms with Gasteiger partial charge in [-0.3, -0.25) is 14.5 Å². The van der Waals surface area contributed by atoms with Gasteiger partial charge in [0.2, 0.25) is 0 Å². The fourth-order valence-corrected chi connectivity index (χ4v) is 3.58. The number of hydrogen-bond donors (Lipinski definition) is 1. The Hall–Kier alpha value is -2.08. The van der Waals surface area contributed by atoms with Crippen molar-refractivity contribution >= 4 is 11.9 Å². The molecule has 27 heavy (non-hydrogen) atoms. The molecule has 1 heterocycles. The van der Waals surface area contributed by atoms with Gasteiger partial charge in [-0.2, -0.15) is 0 Å². The van der Waals surface area contributed by atoms with Gasteiger partial charge in [0, 0.05) is 19.1 Å². The topological polar surface area (TPSA) is 70.1 Å². The standard InChI is InChI=1S/C21H32N2O4/c1-4-16(2)18-9-5-6-10-19(18)27-15-20(24)23-12-7-8-17(11-13-23)22(3)14-21(25)26/h5-6,9-10,16-17H,4,7-8,11-15H2,1-3H3,(H,25,26)/t16-,17+/m0/s1. The number of rotatable bonds is 8. The first-order valence-corrected chi connectivity index (χ1v) is 9.83. The Kier molecular flexibility index (Phi) is 8.10. The molecule has 1 aliphatic rings. The van der Waals surface area contributed by atoms with Crippen molar-refractivity contribution in [2.24, 2.45) is 0 Å². The molecule has 0 aliphatic carbocycles. The molecule has 0 spiro atoms. The third-order valence-electron chi connectivity index (χ3n) is 5.47. The maximum absolute atomic E-state index is 12.6. The van der Waals surface area contributed by atoms with Crippen LogP contribution in [0.15, 0.2) is 24.3 Å². The number of carbonyl (C=O) groups is 2. The van der Waals surface area contributed by atoms with Crippen molar-refractivity contribution in [1.29, 1.82) is 0 Å². The zero-order valence-corrected chi connectivity index (χ0v) is 16.7. The number of para-hydroxylation sites is 1. The second-order valence-electron chi connectivity index (χ2n) is 7.41. The van der Waals surface area contributed by atoms with Gasteiger partial charge in [-0.25, -0.2) is 0 Å². The first kappa shape index (κ1) is 21.2. The van der Waals surface area contributed by atoms with E-state index in [-0.39, 0.29) is 25.1 Å². The lowest BCUT2D eigenvalue weighted by Crippen LogP contribution is -2.38. The van der Waals surface area contributed by atoms with Gasteiger partial charge in [0.25, 0.3) is 5.91 Å². The number of amides is 1. The lowest BCUT2D eigenvalue weighted by Gasteiger charge is -2.25. The lowest BCUT2D eigenvalue weighted by atomic mass is 9.98. The van der Waals surface area contributed by atoms with Gasteiger partial charge in [-0.05, 0) is 50.3 Å². The number of carboxylic acids is 1. The van der Waals surface area contributed by atoms with Crippen molar-refractivity contribution in [3.05, 3.63) is 29.8 Å². The Labute approximate surface area is 162 Å². The molecule has 1 aliphatic heterocycles. The molecule has 0 saturated carbocycles. The van der Waals surface area contributed by atoms with Crippen LogP contribution in [0.2, 0.25) is 0 Å². The molecule has 2 rings (SSSR count). The molecule has 2 atom stereocenters. The van der Waals surface area contributed by atoms with Gasteiger partial charge in [0.1, 0.15) is 5.75 Å². The quantitative estimate of drug-likeness (QED) is 0.755. The molecule has 1 aromatic carbocycles. The molecule has 6 heteroatoms. The summed E-state index contributed by atoms with van der Waals surface area (Å²) in [5, 5.41) is 8.96. The zero-order chi connectivity index (χ0) is 19.8. The minimum Gasteiger partial charge on any atom is -0.483 e. The summed E-state index contributed by atoms with van der Waals surface area (Å²) in [6, 6.07) is 8.11. The number of benzene rings is 1. The third-order valence-corrected chi connectivity index (χ3v) is 5.47. The van der Waals surface area contributed by atoms with Crippen LogP contribution in [-0.2, 0) is 9.59 Å². The lowest BCUT2D eigenvalue weighted by molar-refractivity contribution is -0.138. The van der Waals surface area contributed by atoms with Gasteiger partial charge in [0.15, 0.2) is 6.61 Å². The van der Waals surface area contributed by atoms with E-state index in [1.54, 1.807) is 0 Å². The first-order valence-electron chi connectivity index (χ1n) is 9.83. The summed E-state index contributed by atoms with van der Waals surface area (Å²) in [5.74, 6) is 0.354. The molecule has 1 N–H and O–H groups in total. The van der Waals surface area contributed by atoms with Crippen LogP contribution in [0.1, 0.15) is 51.0 Å². The highest BCUT2D eigenvalue weighted by Crippen LogP contribution is 2.28. The molecule has 0 aromatic heterocycles. The van der Waals surface area contributed by atoms with E-state index in [4.69, 9.17) is 9.84 Å². The van der Waals surface area contributed by atoms with Crippen molar-refractivity contribution < 1.29 is 19.4 Å². The molecular formula is C21H32N2O4. The van der Waals surface area contributed by atoms with E-state index in [0.29, 0.717) is 19.0 Å². The van der Waals surface area contributed by atoms with Gasteiger partial charge >= 0.3 is 5.97 Å². The number of nitrogens with zero attached hydrogens (tertiary/aromatic N) is 2. The maximum atomic E-state index is 12.6. The van der Waals surface area contributed by atoms with Crippen LogP contribution in [0, 0.1) is 0 Å². The van der Waals surface area contributed by atoms with Crippen LogP contribution in [-0.4, -0.2) is 66.1 Å². The van der Waals surface area contributed by atoms with Crippen LogP contribution in [0.4, 0.5) is 0 Å². The van der Waals surface area contributed by atoms with E-state index >= 15 is 0 Å². The van der Waals surface area contributed by atoms with Crippen molar-refractivity contribution in [3.63, 3.8) is 0 Å². The predicted octanol–water partition coefficient (Wildman–Crippen LogP) is 2.98. The Morgan fingerprint density at radius 3 is 2.74 bits per heavy atom. The van der Waals surface area contributed by atoms with E-state index in [0.717, 1.165) is 37.0 Å². The number of likely N-dealkylation sites (N-methyl/N-ethyl adjacent to an activating group) is 1. The van der Waals surface area contributed by atoms with E-state index in [2.05, 4.69) is 19.9 Å². The second-order valence-corrected chi connectivity index (χ2v) is 7.41. The van der Waals surface area contributed by atoms with E-state index < -0.39 is 5.97 Å². The zero-order valence-electron chi connectivity index (χ0n) is 16.7. The highest BCUT2D eigenvalue weighted by molar-refractivity contribution is 5.77. The van der Waals surface area contributed by atoms with Crippen LogP contribution >= 0.6 is 0 Å².